The third kappa shape index (κ3) is 5.30. The molecule has 7 heteroatoms. The Morgan fingerprint density at radius 2 is 1.58 bits per heavy atom. The molecule has 1 N–H and O–H groups in total. The van der Waals surface area contributed by atoms with E-state index in [-0.39, 0.29) is 29.7 Å². The molecule has 0 unspecified atom stereocenters. The van der Waals surface area contributed by atoms with E-state index >= 15 is 0 Å². The second-order valence-electron chi connectivity index (χ2n) is 9.49. The number of rotatable bonds is 7. The van der Waals surface area contributed by atoms with Gasteiger partial charge in [0.05, 0.1) is 17.5 Å². The number of hydrogen-bond acceptors (Lipinski definition) is 3. The summed E-state index contributed by atoms with van der Waals surface area (Å²) < 4.78 is 15.3. The first-order valence-electron chi connectivity index (χ1n) is 12.1. The van der Waals surface area contributed by atoms with Gasteiger partial charge in [0.15, 0.2) is 0 Å². The van der Waals surface area contributed by atoms with Crippen LogP contribution in [0.25, 0.3) is 16.7 Å². The Balaban J connectivity index is 1.51. The zero-order valence-electron chi connectivity index (χ0n) is 21.2. The number of imidazole rings is 1. The van der Waals surface area contributed by atoms with Crippen molar-refractivity contribution in [3.63, 3.8) is 0 Å². The number of fused-ring (bicyclic) bond motifs is 1. The number of amides is 2. The monoisotopic (exact) mass is 486 g/mol. The summed E-state index contributed by atoms with van der Waals surface area (Å²) in [7, 11) is 0. The van der Waals surface area contributed by atoms with Crippen molar-refractivity contribution in [1.29, 1.82) is 0 Å². The number of hydrogen-bond donors (Lipinski definition) is 1. The van der Waals surface area contributed by atoms with Crippen LogP contribution in [0.3, 0.4) is 0 Å². The van der Waals surface area contributed by atoms with Crippen molar-refractivity contribution in [3.8, 4) is 5.69 Å². The first-order chi connectivity index (χ1) is 17.1. The van der Waals surface area contributed by atoms with Gasteiger partial charge < -0.3 is 10.2 Å². The fourth-order valence-corrected chi connectivity index (χ4v) is 4.60. The van der Waals surface area contributed by atoms with Crippen LogP contribution in [-0.4, -0.2) is 38.3 Å². The highest BCUT2D eigenvalue weighted by molar-refractivity contribution is 6.06. The Kier molecular flexibility index (Phi) is 7.20. The number of benzene rings is 3. The summed E-state index contributed by atoms with van der Waals surface area (Å²) in [4.78, 5) is 32.2. The first-order valence-corrected chi connectivity index (χ1v) is 12.1. The Hall–Kier alpha value is -4.00. The van der Waals surface area contributed by atoms with E-state index < -0.39 is 0 Å². The van der Waals surface area contributed by atoms with E-state index in [1.807, 2.05) is 56.2 Å². The van der Waals surface area contributed by atoms with Crippen molar-refractivity contribution in [2.75, 3.05) is 5.32 Å². The molecule has 4 rings (SSSR count). The maximum Gasteiger partial charge on any atom is 0.255 e. The normalized spacial score (nSPS) is 11.3. The predicted octanol–water partition coefficient (Wildman–Crippen LogP) is 5.91. The molecule has 0 spiro atoms. The molecule has 186 valence electrons. The maximum atomic E-state index is 13.4. The zero-order chi connectivity index (χ0) is 26.0. The summed E-state index contributed by atoms with van der Waals surface area (Å²) >= 11 is 0. The average molecular weight is 487 g/mol. The molecule has 0 fully saturated rings. The Labute approximate surface area is 210 Å². The number of carbonyl (C=O) groups excluding carboxylic acids is 2. The van der Waals surface area contributed by atoms with E-state index in [4.69, 9.17) is 0 Å². The highest BCUT2D eigenvalue weighted by Gasteiger charge is 2.20. The molecule has 0 aliphatic rings. The van der Waals surface area contributed by atoms with Gasteiger partial charge in [-0.1, -0.05) is 12.1 Å². The Morgan fingerprint density at radius 3 is 2.19 bits per heavy atom. The van der Waals surface area contributed by atoms with Crippen LogP contribution in [0.15, 0.2) is 66.7 Å². The van der Waals surface area contributed by atoms with Gasteiger partial charge >= 0.3 is 0 Å². The standard InChI is InChI=1S/C29H31FN4O2/c1-18(2)33(19(3)4)28(35)16-21-6-11-24(12-7-21)32-29(36)22-8-15-26-27(17-22)34(20(5)31-26)25-13-9-23(30)10-14-25/h6-15,17-19H,16H2,1-5H3,(H,32,36). The fourth-order valence-electron chi connectivity index (χ4n) is 4.60. The lowest BCUT2D eigenvalue weighted by atomic mass is 10.1. The summed E-state index contributed by atoms with van der Waals surface area (Å²) in [5.41, 5.74) is 4.30. The molecule has 0 saturated heterocycles. The molecule has 0 aliphatic heterocycles. The van der Waals surface area contributed by atoms with Crippen LogP contribution in [-0.2, 0) is 11.2 Å². The molecule has 6 nitrogen and oxygen atoms in total. The van der Waals surface area contributed by atoms with E-state index in [0.717, 1.165) is 28.1 Å². The fraction of sp³-hybridized carbons (Fsp3) is 0.276. The van der Waals surface area contributed by atoms with Crippen molar-refractivity contribution in [1.82, 2.24) is 14.5 Å². The SMILES string of the molecule is Cc1nc2ccc(C(=O)Nc3ccc(CC(=O)N(C(C)C)C(C)C)cc3)cc2n1-c1ccc(F)cc1. The molecule has 0 atom stereocenters. The van der Waals surface area contributed by atoms with Crippen LogP contribution in [0, 0.1) is 12.7 Å². The third-order valence-corrected chi connectivity index (χ3v) is 6.14. The summed E-state index contributed by atoms with van der Waals surface area (Å²) in [5, 5.41) is 2.92. The molecule has 1 heterocycles. The summed E-state index contributed by atoms with van der Waals surface area (Å²) in [6, 6.07) is 19.1. The van der Waals surface area contributed by atoms with Gasteiger partial charge in [-0.3, -0.25) is 14.2 Å². The smallest absolute Gasteiger partial charge is 0.255 e. The largest absolute Gasteiger partial charge is 0.338 e. The molecule has 0 saturated carbocycles. The van der Waals surface area contributed by atoms with Crippen LogP contribution in [0.2, 0.25) is 0 Å². The van der Waals surface area contributed by atoms with Gasteiger partial charge in [-0.15, -0.1) is 0 Å². The number of nitrogens with zero attached hydrogens (tertiary/aromatic N) is 3. The Morgan fingerprint density at radius 1 is 0.944 bits per heavy atom. The number of nitrogens with one attached hydrogen (secondary N) is 1. The van der Waals surface area contributed by atoms with Crippen LogP contribution in [0.4, 0.5) is 10.1 Å². The summed E-state index contributed by atoms with van der Waals surface area (Å²) in [6.45, 7) is 9.93. The first kappa shape index (κ1) is 25.1. The van der Waals surface area contributed by atoms with Crippen LogP contribution < -0.4 is 5.32 Å². The highest BCUT2D eigenvalue weighted by atomic mass is 19.1. The van der Waals surface area contributed by atoms with Crippen LogP contribution in [0.5, 0.6) is 0 Å². The van der Waals surface area contributed by atoms with E-state index in [9.17, 15) is 14.0 Å². The van der Waals surface area contributed by atoms with Crippen molar-refractivity contribution in [2.45, 2.75) is 53.1 Å². The Bertz CT molecular complexity index is 1380. The van der Waals surface area contributed by atoms with E-state index in [1.165, 1.54) is 12.1 Å². The predicted molar refractivity (Wildman–Crippen MR) is 141 cm³/mol. The molecule has 4 aromatic rings. The van der Waals surface area contributed by atoms with E-state index in [1.54, 1.807) is 42.5 Å². The van der Waals surface area contributed by atoms with Gasteiger partial charge in [0.25, 0.3) is 5.91 Å². The van der Waals surface area contributed by atoms with Gasteiger partial charge in [-0.05, 0) is 94.8 Å². The number of anilines is 1. The molecule has 3 aromatic carbocycles. The van der Waals surface area contributed by atoms with Gasteiger partial charge in [0, 0.05) is 29.0 Å². The lowest BCUT2D eigenvalue weighted by Gasteiger charge is -2.31. The molecule has 0 radical (unpaired) electrons. The van der Waals surface area contributed by atoms with E-state index in [0.29, 0.717) is 17.7 Å². The third-order valence-electron chi connectivity index (χ3n) is 6.14. The maximum absolute atomic E-state index is 13.4. The van der Waals surface area contributed by atoms with Crippen LogP contribution >= 0.6 is 0 Å². The van der Waals surface area contributed by atoms with Gasteiger partial charge in [0.2, 0.25) is 5.91 Å². The molecule has 2 amide bonds. The number of aromatic nitrogens is 2. The number of aryl methyl sites for hydroxylation is 1. The van der Waals surface area contributed by atoms with E-state index in [2.05, 4.69) is 10.3 Å². The molecular formula is C29H31FN4O2. The summed E-state index contributed by atoms with van der Waals surface area (Å²) in [5.74, 6) is 0.260. The lowest BCUT2D eigenvalue weighted by Crippen LogP contribution is -2.42. The second kappa shape index (κ2) is 10.3. The molecule has 0 aliphatic carbocycles. The minimum absolute atomic E-state index is 0.0816. The van der Waals surface area contributed by atoms with Gasteiger partial charge in [0.1, 0.15) is 11.6 Å². The highest BCUT2D eigenvalue weighted by Crippen LogP contribution is 2.23. The molecule has 36 heavy (non-hydrogen) atoms. The average Bonchev–Trinajstić information content (AvgIpc) is 3.15. The van der Waals surface area contributed by atoms with Crippen LogP contribution in [0.1, 0.15) is 49.4 Å². The van der Waals surface area contributed by atoms with Gasteiger partial charge in [-0.2, -0.15) is 0 Å². The zero-order valence-corrected chi connectivity index (χ0v) is 21.2. The van der Waals surface area contributed by atoms with Gasteiger partial charge in [-0.25, -0.2) is 9.37 Å². The summed E-state index contributed by atoms with van der Waals surface area (Å²) in [6.07, 6.45) is 0.313. The number of carbonyl (C=O) groups is 2. The molecular weight excluding hydrogens is 455 g/mol. The molecule has 1 aromatic heterocycles. The molecule has 0 bridgehead atoms. The lowest BCUT2D eigenvalue weighted by molar-refractivity contribution is -0.134. The van der Waals surface area contributed by atoms with Crippen molar-refractivity contribution >= 4 is 28.5 Å². The minimum Gasteiger partial charge on any atom is -0.338 e. The second-order valence-corrected chi connectivity index (χ2v) is 9.49. The van der Waals surface area contributed by atoms with Crippen molar-refractivity contribution in [2.24, 2.45) is 0 Å². The topological polar surface area (TPSA) is 67.2 Å². The van der Waals surface area contributed by atoms with Crippen molar-refractivity contribution < 1.29 is 14.0 Å². The minimum atomic E-state index is -0.312. The number of halogens is 1. The quantitative estimate of drug-likeness (QED) is 0.353. The van der Waals surface area contributed by atoms with Crippen molar-refractivity contribution in [3.05, 3.63) is 89.5 Å².